The number of ether oxygens (including phenoxy) is 5. The van der Waals surface area contributed by atoms with Gasteiger partial charge in [0.1, 0.15) is 13.2 Å². The van der Waals surface area contributed by atoms with E-state index in [-0.39, 0.29) is 25.0 Å². The maximum absolute atomic E-state index is 11.1. The molecular weight excluding hydrogens is 332 g/mol. The van der Waals surface area contributed by atoms with E-state index in [1.165, 1.54) is 14.2 Å². The van der Waals surface area contributed by atoms with Crippen LogP contribution in [0.25, 0.3) is 0 Å². The highest BCUT2D eigenvalue weighted by atomic mass is 16.5. The van der Waals surface area contributed by atoms with Crippen LogP contribution in [0.1, 0.15) is 12.8 Å². The largest absolute Gasteiger partial charge is 0.379 e. The van der Waals surface area contributed by atoms with E-state index >= 15 is 0 Å². The maximum atomic E-state index is 11.1. The van der Waals surface area contributed by atoms with Crippen molar-refractivity contribution in [3.05, 3.63) is 0 Å². The number of hydrogen-bond acceptors (Lipinski definition) is 7. The summed E-state index contributed by atoms with van der Waals surface area (Å²) in [5, 5.41) is 5.43. The van der Waals surface area contributed by atoms with Crippen LogP contribution in [0.15, 0.2) is 0 Å². The minimum absolute atomic E-state index is 0.0826. The van der Waals surface area contributed by atoms with Crippen molar-refractivity contribution in [3.8, 4) is 0 Å². The molecule has 0 unspecified atom stereocenters. The molecule has 0 spiro atoms. The third kappa shape index (κ3) is 18.9. The fraction of sp³-hybridized carbons (Fsp3) is 0.875. The summed E-state index contributed by atoms with van der Waals surface area (Å²) in [6, 6.07) is 0. The second-order valence-electron chi connectivity index (χ2n) is 5.11. The van der Waals surface area contributed by atoms with Crippen LogP contribution in [-0.2, 0) is 33.3 Å². The lowest BCUT2D eigenvalue weighted by Gasteiger charge is -2.08. The molecule has 0 rings (SSSR count). The molecule has 0 saturated heterocycles. The third-order valence-electron chi connectivity index (χ3n) is 2.87. The summed E-state index contributed by atoms with van der Waals surface area (Å²) in [5.41, 5.74) is 0. The second kappa shape index (κ2) is 19.1. The summed E-state index contributed by atoms with van der Waals surface area (Å²) >= 11 is 0. The molecule has 0 bridgehead atoms. The van der Waals surface area contributed by atoms with E-state index in [0.29, 0.717) is 52.7 Å². The zero-order chi connectivity index (χ0) is 18.6. The predicted octanol–water partition coefficient (Wildman–Crippen LogP) is -0.658. The van der Waals surface area contributed by atoms with Crippen molar-refractivity contribution >= 4 is 11.8 Å². The van der Waals surface area contributed by atoms with E-state index < -0.39 is 0 Å². The number of amides is 2. The Bertz CT molecular complexity index is 300. The van der Waals surface area contributed by atoms with Crippen molar-refractivity contribution in [3.63, 3.8) is 0 Å². The Morgan fingerprint density at radius 2 is 1.00 bits per heavy atom. The Hall–Kier alpha value is -1.26. The van der Waals surface area contributed by atoms with Gasteiger partial charge in [-0.05, 0) is 12.8 Å². The average Bonchev–Trinajstić information content (AvgIpc) is 2.58. The van der Waals surface area contributed by atoms with Crippen molar-refractivity contribution in [2.45, 2.75) is 12.8 Å². The van der Waals surface area contributed by atoms with Gasteiger partial charge in [0.15, 0.2) is 0 Å². The standard InChI is InChI=1S/C16H32N2O7/c1-21-13-15(19)17-5-3-7-23-9-11-25-12-10-24-8-4-6-18-16(20)14-22-2/h3-14H2,1-2H3,(H,17,19)(H,18,20). The van der Waals surface area contributed by atoms with Crippen molar-refractivity contribution in [2.75, 3.05) is 80.2 Å². The first-order valence-corrected chi connectivity index (χ1v) is 8.45. The zero-order valence-electron chi connectivity index (χ0n) is 15.3. The van der Waals surface area contributed by atoms with Crippen LogP contribution in [0.5, 0.6) is 0 Å². The van der Waals surface area contributed by atoms with Gasteiger partial charge in [-0.3, -0.25) is 9.59 Å². The van der Waals surface area contributed by atoms with Crippen LogP contribution in [-0.4, -0.2) is 92.0 Å². The van der Waals surface area contributed by atoms with Crippen LogP contribution in [0.4, 0.5) is 0 Å². The van der Waals surface area contributed by atoms with Gasteiger partial charge in [-0.1, -0.05) is 0 Å². The molecule has 0 aliphatic rings. The molecule has 2 N–H and O–H groups in total. The van der Waals surface area contributed by atoms with Gasteiger partial charge in [-0.15, -0.1) is 0 Å². The molecule has 9 heteroatoms. The van der Waals surface area contributed by atoms with Crippen LogP contribution in [0, 0.1) is 0 Å². The minimum Gasteiger partial charge on any atom is -0.379 e. The van der Waals surface area contributed by atoms with Gasteiger partial charge in [-0.25, -0.2) is 0 Å². The van der Waals surface area contributed by atoms with Gasteiger partial charge >= 0.3 is 0 Å². The monoisotopic (exact) mass is 364 g/mol. The first-order valence-electron chi connectivity index (χ1n) is 8.45. The average molecular weight is 364 g/mol. The Labute approximate surface area is 149 Å². The smallest absolute Gasteiger partial charge is 0.245 e. The van der Waals surface area contributed by atoms with Gasteiger partial charge in [-0.2, -0.15) is 0 Å². The highest BCUT2D eigenvalue weighted by molar-refractivity contribution is 5.77. The molecule has 0 atom stereocenters. The van der Waals surface area contributed by atoms with E-state index in [4.69, 9.17) is 23.7 Å². The van der Waals surface area contributed by atoms with Gasteiger partial charge in [0.25, 0.3) is 0 Å². The van der Waals surface area contributed by atoms with Gasteiger partial charge in [0, 0.05) is 40.5 Å². The van der Waals surface area contributed by atoms with E-state index in [1.807, 2.05) is 0 Å². The number of hydrogen-bond donors (Lipinski definition) is 2. The maximum Gasteiger partial charge on any atom is 0.245 e. The van der Waals surface area contributed by atoms with Gasteiger partial charge in [0.2, 0.25) is 11.8 Å². The highest BCUT2D eigenvalue weighted by Crippen LogP contribution is 1.86. The normalized spacial score (nSPS) is 10.6. The van der Waals surface area contributed by atoms with Gasteiger partial charge in [0.05, 0.1) is 26.4 Å². The summed E-state index contributed by atoms with van der Waals surface area (Å²) in [6.07, 6.45) is 1.50. The van der Waals surface area contributed by atoms with Crippen LogP contribution >= 0.6 is 0 Å². The van der Waals surface area contributed by atoms with Crippen molar-refractivity contribution in [1.82, 2.24) is 10.6 Å². The van der Waals surface area contributed by atoms with Crippen LogP contribution < -0.4 is 10.6 Å². The lowest BCUT2D eigenvalue weighted by molar-refractivity contribution is -0.125. The summed E-state index contributed by atoms with van der Waals surface area (Å²) in [7, 11) is 2.97. The molecule has 0 aromatic heterocycles. The number of carbonyl (C=O) groups excluding carboxylic acids is 2. The fourth-order valence-electron chi connectivity index (χ4n) is 1.71. The summed E-state index contributed by atoms with van der Waals surface area (Å²) < 4.78 is 25.5. The summed E-state index contributed by atoms with van der Waals surface area (Å²) in [4.78, 5) is 22.2. The topological polar surface area (TPSA) is 104 Å². The molecule has 25 heavy (non-hydrogen) atoms. The van der Waals surface area contributed by atoms with E-state index in [9.17, 15) is 9.59 Å². The van der Waals surface area contributed by atoms with Crippen LogP contribution in [0.2, 0.25) is 0 Å². The number of carbonyl (C=O) groups is 2. The lowest BCUT2D eigenvalue weighted by atomic mass is 10.4. The second-order valence-corrected chi connectivity index (χ2v) is 5.11. The first kappa shape index (κ1) is 23.7. The van der Waals surface area contributed by atoms with Crippen molar-refractivity contribution in [2.24, 2.45) is 0 Å². The van der Waals surface area contributed by atoms with E-state index in [1.54, 1.807) is 0 Å². The first-order chi connectivity index (χ1) is 12.2. The molecule has 9 nitrogen and oxygen atoms in total. The fourth-order valence-corrected chi connectivity index (χ4v) is 1.71. The SMILES string of the molecule is COCC(=O)NCCCOCCOCCOCCCNC(=O)COC. The summed E-state index contributed by atoms with van der Waals surface area (Å²) in [5.74, 6) is -0.244. The molecular formula is C16H32N2O7. The molecule has 0 radical (unpaired) electrons. The Kier molecular flexibility index (Phi) is 18.1. The van der Waals surface area contributed by atoms with Crippen LogP contribution in [0.3, 0.4) is 0 Å². The highest BCUT2D eigenvalue weighted by Gasteiger charge is 1.99. The molecule has 0 heterocycles. The van der Waals surface area contributed by atoms with Crippen molar-refractivity contribution < 1.29 is 33.3 Å². The third-order valence-corrected chi connectivity index (χ3v) is 2.87. The lowest BCUT2D eigenvalue weighted by Crippen LogP contribution is -2.28. The molecule has 0 saturated carbocycles. The molecule has 0 aromatic carbocycles. The van der Waals surface area contributed by atoms with Crippen molar-refractivity contribution in [1.29, 1.82) is 0 Å². The molecule has 0 fully saturated rings. The quantitative estimate of drug-likeness (QED) is 0.311. The molecule has 148 valence electrons. The molecule has 0 aliphatic heterocycles. The van der Waals surface area contributed by atoms with Gasteiger partial charge < -0.3 is 34.3 Å². The molecule has 0 aromatic rings. The number of nitrogens with one attached hydrogen (secondary N) is 2. The number of rotatable bonds is 18. The number of methoxy groups -OCH3 is 2. The Morgan fingerprint density at radius 1 is 0.640 bits per heavy atom. The zero-order valence-corrected chi connectivity index (χ0v) is 15.3. The Morgan fingerprint density at radius 3 is 1.36 bits per heavy atom. The summed E-state index contributed by atoms with van der Waals surface area (Å²) in [6.45, 7) is 4.49. The van der Waals surface area contributed by atoms with E-state index in [0.717, 1.165) is 12.8 Å². The molecule has 0 aliphatic carbocycles. The molecule has 2 amide bonds. The van der Waals surface area contributed by atoms with E-state index in [2.05, 4.69) is 10.6 Å². The minimum atomic E-state index is -0.122. The Balaban J connectivity index is 3.09. The predicted molar refractivity (Wildman–Crippen MR) is 91.5 cm³/mol.